The summed E-state index contributed by atoms with van der Waals surface area (Å²) in [4.78, 5) is 13.5. The minimum atomic E-state index is 0.734. The van der Waals surface area contributed by atoms with Gasteiger partial charge in [0.15, 0.2) is 0 Å². The zero-order chi connectivity index (χ0) is 10.3. The first-order valence-corrected chi connectivity index (χ1v) is 5.53. The summed E-state index contributed by atoms with van der Waals surface area (Å²) >= 11 is 0. The summed E-state index contributed by atoms with van der Waals surface area (Å²) < 4.78 is 0. The molecule has 3 aliphatic heterocycles. The molecule has 3 aliphatic rings. The first-order valence-electron chi connectivity index (χ1n) is 5.53. The van der Waals surface area contributed by atoms with Gasteiger partial charge in [-0.3, -0.25) is 4.90 Å². The van der Waals surface area contributed by atoms with E-state index in [1.54, 1.807) is 0 Å². The second-order valence-corrected chi connectivity index (χ2v) is 4.60. The fraction of sp³-hybridized carbons (Fsp3) is 0.636. The van der Waals surface area contributed by atoms with Gasteiger partial charge in [-0.15, -0.1) is 0 Å². The number of hydrogen-bond acceptors (Lipinski definition) is 4. The lowest BCUT2D eigenvalue weighted by molar-refractivity contribution is -0.0682. The monoisotopic (exact) mass is 204 g/mol. The van der Waals surface area contributed by atoms with Gasteiger partial charge < -0.3 is 4.90 Å². The zero-order valence-corrected chi connectivity index (χ0v) is 9.00. The molecule has 4 rings (SSSR count). The Labute approximate surface area is 89.9 Å². The van der Waals surface area contributed by atoms with Crippen molar-refractivity contribution >= 4 is 0 Å². The summed E-state index contributed by atoms with van der Waals surface area (Å²) in [6, 6.07) is 3.34. The average Bonchev–Trinajstić information content (AvgIpc) is 2.27. The number of rotatable bonds is 2. The molecular formula is C11H16N4. The Bertz CT molecular complexity index is 328. The summed E-state index contributed by atoms with van der Waals surface area (Å²) in [6.45, 7) is 3.32. The van der Waals surface area contributed by atoms with E-state index in [-0.39, 0.29) is 0 Å². The SMILES string of the molecule is CN1CC2CC(C1)N2Cc1ncccn1. The fourth-order valence-electron chi connectivity index (χ4n) is 2.73. The van der Waals surface area contributed by atoms with E-state index in [1.807, 2.05) is 18.5 Å². The van der Waals surface area contributed by atoms with Crippen LogP contribution in [0.1, 0.15) is 12.2 Å². The van der Waals surface area contributed by atoms with Gasteiger partial charge in [0.25, 0.3) is 0 Å². The minimum absolute atomic E-state index is 0.734. The Morgan fingerprint density at radius 2 is 1.93 bits per heavy atom. The molecule has 2 bridgehead atoms. The molecule has 0 N–H and O–H groups in total. The van der Waals surface area contributed by atoms with Crippen LogP contribution in [-0.4, -0.2) is 52.0 Å². The van der Waals surface area contributed by atoms with Crippen molar-refractivity contribution < 1.29 is 0 Å². The maximum absolute atomic E-state index is 4.28. The summed E-state index contributed by atoms with van der Waals surface area (Å²) in [7, 11) is 2.20. The molecule has 1 aromatic heterocycles. The van der Waals surface area contributed by atoms with Gasteiger partial charge in [-0.1, -0.05) is 0 Å². The average molecular weight is 204 g/mol. The Balaban J connectivity index is 1.66. The van der Waals surface area contributed by atoms with Crippen LogP contribution < -0.4 is 0 Å². The van der Waals surface area contributed by atoms with Gasteiger partial charge in [0.2, 0.25) is 0 Å². The first kappa shape index (κ1) is 9.24. The molecule has 4 heteroatoms. The van der Waals surface area contributed by atoms with Gasteiger partial charge >= 0.3 is 0 Å². The smallest absolute Gasteiger partial charge is 0.142 e. The van der Waals surface area contributed by atoms with Crippen molar-refractivity contribution in [1.82, 2.24) is 19.8 Å². The molecule has 1 aromatic rings. The third kappa shape index (κ3) is 1.64. The van der Waals surface area contributed by atoms with Crippen molar-refractivity contribution in [2.24, 2.45) is 0 Å². The molecule has 0 spiro atoms. The molecule has 0 amide bonds. The molecule has 4 heterocycles. The van der Waals surface area contributed by atoms with Crippen LogP contribution in [0.25, 0.3) is 0 Å². The van der Waals surface area contributed by atoms with Gasteiger partial charge in [0, 0.05) is 37.6 Å². The lowest BCUT2D eigenvalue weighted by Gasteiger charge is -2.55. The number of hydrogen-bond donors (Lipinski definition) is 0. The summed E-state index contributed by atoms with van der Waals surface area (Å²) in [5.41, 5.74) is 0. The highest BCUT2D eigenvalue weighted by molar-refractivity contribution is 5.02. The minimum Gasteiger partial charge on any atom is -0.303 e. The van der Waals surface area contributed by atoms with E-state index in [2.05, 4.69) is 26.8 Å². The van der Waals surface area contributed by atoms with Crippen molar-refractivity contribution in [3.05, 3.63) is 24.3 Å². The van der Waals surface area contributed by atoms with Gasteiger partial charge in [-0.2, -0.15) is 0 Å². The summed E-state index contributed by atoms with van der Waals surface area (Å²) in [6.07, 6.45) is 5.01. The fourth-order valence-corrected chi connectivity index (χ4v) is 2.73. The van der Waals surface area contributed by atoms with E-state index in [0.717, 1.165) is 24.5 Å². The lowest BCUT2D eigenvalue weighted by Crippen LogP contribution is -2.67. The van der Waals surface area contributed by atoms with Crippen molar-refractivity contribution in [3.8, 4) is 0 Å². The first-order chi connectivity index (χ1) is 7.33. The van der Waals surface area contributed by atoms with E-state index in [9.17, 15) is 0 Å². The van der Waals surface area contributed by atoms with Crippen LogP contribution in [0, 0.1) is 0 Å². The zero-order valence-electron chi connectivity index (χ0n) is 9.00. The van der Waals surface area contributed by atoms with Gasteiger partial charge in [0.05, 0.1) is 6.54 Å². The maximum Gasteiger partial charge on any atom is 0.142 e. The van der Waals surface area contributed by atoms with Crippen LogP contribution in [-0.2, 0) is 6.54 Å². The predicted octanol–water partition coefficient (Wildman–Crippen LogP) is 0.365. The van der Waals surface area contributed by atoms with Crippen LogP contribution in [0.2, 0.25) is 0 Å². The topological polar surface area (TPSA) is 32.3 Å². The van der Waals surface area contributed by atoms with Crippen LogP contribution in [0.4, 0.5) is 0 Å². The molecule has 3 fully saturated rings. The lowest BCUT2D eigenvalue weighted by atomic mass is 9.88. The second-order valence-electron chi connectivity index (χ2n) is 4.60. The molecule has 4 nitrogen and oxygen atoms in total. The Morgan fingerprint density at radius 1 is 1.27 bits per heavy atom. The maximum atomic E-state index is 4.28. The molecule has 0 saturated carbocycles. The molecular weight excluding hydrogens is 188 g/mol. The van der Waals surface area contributed by atoms with Crippen molar-refractivity contribution in [2.45, 2.75) is 25.0 Å². The van der Waals surface area contributed by atoms with Crippen molar-refractivity contribution in [2.75, 3.05) is 20.1 Å². The highest BCUT2D eigenvalue weighted by Crippen LogP contribution is 2.32. The molecule has 2 atom stereocenters. The van der Waals surface area contributed by atoms with Crippen molar-refractivity contribution in [1.29, 1.82) is 0 Å². The molecule has 15 heavy (non-hydrogen) atoms. The summed E-state index contributed by atoms with van der Waals surface area (Å²) in [5, 5.41) is 0. The van der Waals surface area contributed by atoms with E-state index in [4.69, 9.17) is 0 Å². The normalized spacial score (nSPS) is 31.3. The van der Waals surface area contributed by atoms with Gasteiger partial charge in [0.1, 0.15) is 5.82 Å². The van der Waals surface area contributed by atoms with Crippen LogP contribution in [0.5, 0.6) is 0 Å². The number of piperidine rings is 1. The number of piperazine rings is 1. The second kappa shape index (κ2) is 3.54. The molecule has 3 saturated heterocycles. The van der Waals surface area contributed by atoms with E-state index < -0.39 is 0 Å². The Morgan fingerprint density at radius 3 is 2.60 bits per heavy atom. The van der Waals surface area contributed by atoms with E-state index in [1.165, 1.54) is 19.5 Å². The highest BCUT2D eigenvalue weighted by atomic mass is 15.4. The van der Waals surface area contributed by atoms with E-state index in [0.29, 0.717) is 0 Å². The predicted molar refractivity (Wildman–Crippen MR) is 57.3 cm³/mol. The molecule has 80 valence electrons. The molecule has 0 aromatic carbocycles. The molecule has 0 aliphatic carbocycles. The van der Waals surface area contributed by atoms with Crippen molar-refractivity contribution in [3.63, 3.8) is 0 Å². The largest absolute Gasteiger partial charge is 0.303 e. The quantitative estimate of drug-likeness (QED) is 0.696. The summed E-state index contributed by atoms with van der Waals surface area (Å²) in [5.74, 6) is 0.955. The van der Waals surface area contributed by atoms with Crippen LogP contribution in [0.3, 0.4) is 0 Å². The number of nitrogens with zero attached hydrogens (tertiary/aromatic N) is 4. The standard InChI is InChI=1S/C11H16N4/c1-14-6-9-5-10(7-14)15(9)8-11-12-3-2-4-13-11/h2-4,9-10H,5-8H2,1H3. The van der Waals surface area contributed by atoms with E-state index >= 15 is 0 Å². The molecule has 2 unspecified atom stereocenters. The van der Waals surface area contributed by atoms with Crippen LogP contribution in [0.15, 0.2) is 18.5 Å². The molecule has 0 radical (unpaired) electrons. The third-order valence-electron chi connectivity index (χ3n) is 3.47. The third-order valence-corrected chi connectivity index (χ3v) is 3.47. The Hall–Kier alpha value is -1.00. The van der Waals surface area contributed by atoms with Gasteiger partial charge in [-0.25, -0.2) is 9.97 Å². The Kier molecular flexibility index (Phi) is 2.18. The highest BCUT2D eigenvalue weighted by Gasteiger charge is 2.43. The van der Waals surface area contributed by atoms with Crippen LogP contribution >= 0.6 is 0 Å². The number of fused-ring (bicyclic) bond motifs is 2. The number of likely N-dealkylation sites (N-methyl/N-ethyl adjacent to an activating group) is 1. The number of aromatic nitrogens is 2. The van der Waals surface area contributed by atoms with Gasteiger partial charge in [-0.05, 0) is 19.5 Å².